The van der Waals surface area contributed by atoms with E-state index >= 15 is 0 Å². The first-order valence-corrected chi connectivity index (χ1v) is 9.93. The molecule has 0 bridgehead atoms. The summed E-state index contributed by atoms with van der Waals surface area (Å²) in [5.41, 5.74) is 2.53. The number of hydrogen-bond donors (Lipinski definition) is 1. The Morgan fingerprint density at radius 2 is 1.86 bits per heavy atom. The van der Waals surface area contributed by atoms with Crippen LogP contribution in [0.25, 0.3) is 10.9 Å². The van der Waals surface area contributed by atoms with E-state index in [1.165, 1.54) is 6.07 Å². The average molecular weight is 444 g/mol. The number of rotatable bonds is 5. The van der Waals surface area contributed by atoms with E-state index in [9.17, 15) is 14.7 Å². The third kappa shape index (κ3) is 3.97. The first-order valence-electron chi connectivity index (χ1n) is 9.14. The van der Waals surface area contributed by atoms with Crippen molar-refractivity contribution in [2.45, 2.75) is 39.7 Å². The number of hydrogen-bond acceptors (Lipinski definition) is 4. The third-order valence-electron chi connectivity index (χ3n) is 4.84. The van der Waals surface area contributed by atoms with Gasteiger partial charge in [-0.3, -0.25) is 14.2 Å². The Labute approximate surface area is 172 Å². The van der Waals surface area contributed by atoms with Gasteiger partial charge in [0.1, 0.15) is 5.75 Å². The number of benzene rings is 2. The summed E-state index contributed by atoms with van der Waals surface area (Å²) in [4.78, 5) is 25.5. The third-order valence-corrected chi connectivity index (χ3v) is 5.37. The molecule has 5 nitrogen and oxygen atoms in total. The molecule has 1 heterocycles. The Morgan fingerprint density at radius 3 is 2.50 bits per heavy atom. The lowest BCUT2D eigenvalue weighted by Gasteiger charge is -2.11. The van der Waals surface area contributed by atoms with Crippen molar-refractivity contribution in [1.82, 2.24) is 4.57 Å². The molecule has 0 saturated carbocycles. The van der Waals surface area contributed by atoms with Crippen LogP contribution in [-0.4, -0.2) is 27.7 Å². The van der Waals surface area contributed by atoms with Gasteiger partial charge in [0.15, 0.2) is 0 Å². The highest BCUT2D eigenvalue weighted by Crippen LogP contribution is 2.30. The minimum atomic E-state index is -0.351. The summed E-state index contributed by atoms with van der Waals surface area (Å²) in [7, 11) is 0. The Bertz CT molecular complexity index is 1040. The number of halogens is 1. The van der Waals surface area contributed by atoms with Crippen molar-refractivity contribution in [3.8, 4) is 5.75 Å². The topological polar surface area (TPSA) is 68.5 Å². The van der Waals surface area contributed by atoms with E-state index < -0.39 is 0 Å². The number of aromatic hydroxyl groups is 1. The molecule has 1 N–H and O–H groups in total. The monoisotopic (exact) mass is 443 g/mol. The lowest BCUT2D eigenvalue weighted by molar-refractivity contribution is -0.147. The molecule has 2 aromatic carbocycles. The van der Waals surface area contributed by atoms with Gasteiger partial charge in [0, 0.05) is 21.1 Å². The standard InChI is InChI=1S/C22H22BrNO4/c1-4-13(2)28-21(26)12-18-14(3)24(20-10-9-17(25)11-19(18)20)22(27)15-5-7-16(23)8-6-15/h5-11,13,25H,4,12H2,1-3H3. The molecule has 146 valence electrons. The van der Waals surface area contributed by atoms with Crippen LogP contribution in [0.15, 0.2) is 46.9 Å². The van der Waals surface area contributed by atoms with Gasteiger partial charge < -0.3 is 9.84 Å². The fourth-order valence-electron chi connectivity index (χ4n) is 3.17. The minimum Gasteiger partial charge on any atom is -0.508 e. The summed E-state index contributed by atoms with van der Waals surface area (Å²) in [6, 6.07) is 11.9. The van der Waals surface area contributed by atoms with E-state index in [-0.39, 0.29) is 30.2 Å². The number of fused-ring (bicyclic) bond motifs is 1. The zero-order valence-corrected chi connectivity index (χ0v) is 17.6. The van der Waals surface area contributed by atoms with Crippen LogP contribution in [0.3, 0.4) is 0 Å². The van der Waals surface area contributed by atoms with Crippen molar-refractivity contribution < 1.29 is 19.4 Å². The van der Waals surface area contributed by atoms with Crippen molar-refractivity contribution in [3.05, 3.63) is 63.8 Å². The fourth-order valence-corrected chi connectivity index (χ4v) is 3.44. The van der Waals surface area contributed by atoms with Gasteiger partial charge in [0.05, 0.1) is 18.0 Å². The molecule has 1 unspecified atom stereocenters. The van der Waals surface area contributed by atoms with Crippen LogP contribution in [-0.2, 0) is 16.0 Å². The molecule has 28 heavy (non-hydrogen) atoms. The van der Waals surface area contributed by atoms with E-state index in [4.69, 9.17) is 4.74 Å². The molecular weight excluding hydrogens is 422 g/mol. The van der Waals surface area contributed by atoms with E-state index in [2.05, 4.69) is 15.9 Å². The highest BCUT2D eigenvalue weighted by Gasteiger charge is 2.22. The zero-order valence-electron chi connectivity index (χ0n) is 16.0. The molecule has 3 aromatic rings. The van der Waals surface area contributed by atoms with Crippen LogP contribution in [0.4, 0.5) is 0 Å². The summed E-state index contributed by atoms with van der Waals surface area (Å²) < 4.78 is 7.88. The van der Waals surface area contributed by atoms with Crippen molar-refractivity contribution in [2.75, 3.05) is 0 Å². The Balaban J connectivity index is 2.08. The van der Waals surface area contributed by atoms with Gasteiger partial charge in [-0.05, 0) is 68.3 Å². The van der Waals surface area contributed by atoms with Crippen LogP contribution < -0.4 is 0 Å². The number of phenolic OH excluding ortho intramolecular Hbond substituents is 1. The van der Waals surface area contributed by atoms with Crippen molar-refractivity contribution in [2.24, 2.45) is 0 Å². The number of aromatic nitrogens is 1. The summed E-state index contributed by atoms with van der Waals surface area (Å²) in [6.45, 7) is 5.60. The maximum atomic E-state index is 13.2. The minimum absolute atomic E-state index is 0.0384. The molecule has 6 heteroatoms. The maximum absolute atomic E-state index is 13.2. The second-order valence-electron chi connectivity index (χ2n) is 6.80. The first-order chi connectivity index (χ1) is 13.3. The van der Waals surface area contributed by atoms with E-state index in [0.29, 0.717) is 27.7 Å². The smallest absolute Gasteiger partial charge is 0.310 e. The number of carbonyl (C=O) groups is 2. The highest BCUT2D eigenvalue weighted by atomic mass is 79.9. The molecule has 0 aliphatic heterocycles. The van der Waals surface area contributed by atoms with Crippen LogP contribution in [0.2, 0.25) is 0 Å². The fraction of sp³-hybridized carbons (Fsp3) is 0.273. The van der Waals surface area contributed by atoms with Crippen LogP contribution in [0.5, 0.6) is 5.75 Å². The number of nitrogens with zero attached hydrogens (tertiary/aromatic N) is 1. The average Bonchev–Trinajstić information content (AvgIpc) is 2.93. The molecule has 1 aromatic heterocycles. The normalized spacial score (nSPS) is 12.1. The quantitative estimate of drug-likeness (QED) is 0.563. The van der Waals surface area contributed by atoms with Gasteiger partial charge in [0.2, 0.25) is 0 Å². The molecule has 0 aliphatic carbocycles. The summed E-state index contributed by atoms with van der Waals surface area (Å²) in [6.07, 6.45) is 0.602. The van der Waals surface area contributed by atoms with Crippen molar-refractivity contribution >= 4 is 38.7 Å². The predicted octanol–water partition coefficient (Wildman–Crippen LogP) is 4.99. The van der Waals surface area contributed by atoms with Crippen LogP contribution in [0.1, 0.15) is 41.9 Å². The summed E-state index contributed by atoms with van der Waals surface area (Å²) >= 11 is 3.37. The first kappa shape index (κ1) is 20.1. The van der Waals surface area contributed by atoms with Gasteiger partial charge >= 0.3 is 5.97 Å². The lowest BCUT2D eigenvalue weighted by atomic mass is 10.1. The maximum Gasteiger partial charge on any atom is 0.310 e. The van der Waals surface area contributed by atoms with Crippen LogP contribution in [0, 0.1) is 6.92 Å². The lowest BCUT2D eigenvalue weighted by Crippen LogP contribution is -2.17. The molecule has 0 saturated heterocycles. The summed E-state index contributed by atoms with van der Waals surface area (Å²) in [5.74, 6) is -0.463. The Morgan fingerprint density at radius 1 is 1.18 bits per heavy atom. The number of carbonyl (C=O) groups excluding carboxylic acids is 2. The largest absolute Gasteiger partial charge is 0.508 e. The highest BCUT2D eigenvalue weighted by molar-refractivity contribution is 9.10. The molecule has 0 fully saturated rings. The Hall–Kier alpha value is -2.60. The number of ether oxygens (including phenoxy) is 1. The second-order valence-corrected chi connectivity index (χ2v) is 7.71. The summed E-state index contributed by atoms with van der Waals surface area (Å²) in [5, 5.41) is 10.6. The second kappa shape index (κ2) is 8.19. The molecule has 0 spiro atoms. The molecule has 1 atom stereocenters. The molecule has 0 radical (unpaired) electrons. The van der Waals surface area contributed by atoms with Crippen LogP contribution >= 0.6 is 15.9 Å². The number of phenols is 1. The molecule has 3 rings (SSSR count). The SMILES string of the molecule is CCC(C)OC(=O)Cc1c(C)n(C(=O)c2ccc(Br)cc2)c2ccc(O)cc12. The van der Waals surface area contributed by atoms with Gasteiger partial charge in [-0.2, -0.15) is 0 Å². The van der Waals surface area contributed by atoms with E-state index in [1.807, 2.05) is 26.0 Å². The molecule has 0 amide bonds. The van der Waals surface area contributed by atoms with Crippen molar-refractivity contribution in [3.63, 3.8) is 0 Å². The van der Waals surface area contributed by atoms with Crippen molar-refractivity contribution in [1.29, 1.82) is 0 Å². The van der Waals surface area contributed by atoms with Gasteiger partial charge in [-0.1, -0.05) is 22.9 Å². The predicted molar refractivity (Wildman–Crippen MR) is 112 cm³/mol. The molecule has 0 aliphatic rings. The molecular formula is C22H22BrNO4. The zero-order chi connectivity index (χ0) is 20.4. The van der Waals surface area contributed by atoms with Gasteiger partial charge in [0.25, 0.3) is 5.91 Å². The van der Waals surface area contributed by atoms with E-state index in [1.54, 1.807) is 35.8 Å². The van der Waals surface area contributed by atoms with E-state index in [0.717, 1.165) is 10.9 Å². The van der Waals surface area contributed by atoms with Gasteiger partial charge in [-0.25, -0.2) is 0 Å². The Kier molecular flexibility index (Phi) is 5.89. The van der Waals surface area contributed by atoms with Gasteiger partial charge in [-0.15, -0.1) is 0 Å². The number of esters is 1.